The molecular weight excluding hydrogens is 334 g/mol. The summed E-state index contributed by atoms with van der Waals surface area (Å²) in [6, 6.07) is 5.18. The van der Waals surface area contributed by atoms with E-state index in [1.54, 1.807) is 25.3 Å². The van der Waals surface area contributed by atoms with Crippen molar-refractivity contribution in [1.82, 2.24) is 15.5 Å². The van der Waals surface area contributed by atoms with Crippen molar-refractivity contribution in [1.29, 1.82) is 0 Å². The standard InChI is InChI=1S/C19H25N3O4/c1-25-13-5-6-16-14(10-13)17(23)21-11-19(26-16)7-3-9-22(12-19)18(24)15-4-2-8-20-15/h5-6,10,15,20H,2-4,7-9,11-12H2,1H3,(H,21,23). The Morgan fingerprint density at radius 3 is 3.04 bits per heavy atom. The zero-order valence-electron chi connectivity index (χ0n) is 15.0. The highest BCUT2D eigenvalue weighted by Gasteiger charge is 2.43. The van der Waals surface area contributed by atoms with Gasteiger partial charge in [0.15, 0.2) is 0 Å². The predicted molar refractivity (Wildman–Crippen MR) is 95.5 cm³/mol. The first-order valence-corrected chi connectivity index (χ1v) is 9.28. The van der Waals surface area contributed by atoms with Gasteiger partial charge in [-0.3, -0.25) is 9.59 Å². The third-order valence-electron chi connectivity index (χ3n) is 5.54. The second-order valence-electron chi connectivity index (χ2n) is 7.34. The molecule has 7 nitrogen and oxygen atoms in total. The van der Waals surface area contributed by atoms with Crippen LogP contribution in [0.3, 0.4) is 0 Å². The highest BCUT2D eigenvalue weighted by Crippen LogP contribution is 2.34. The molecule has 3 heterocycles. The van der Waals surface area contributed by atoms with Crippen molar-refractivity contribution in [2.45, 2.75) is 37.3 Å². The molecule has 140 valence electrons. The highest BCUT2D eigenvalue weighted by atomic mass is 16.5. The van der Waals surface area contributed by atoms with Crippen LogP contribution in [0.1, 0.15) is 36.0 Å². The summed E-state index contributed by atoms with van der Waals surface area (Å²) in [5.74, 6) is 1.15. The topological polar surface area (TPSA) is 79.9 Å². The van der Waals surface area contributed by atoms with Gasteiger partial charge < -0.3 is 25.0 Å². The molecule has 2 unspecified atom stereocenters. The Kier molecular flexibility index (Phi) is 4.48. The van der Waals surface area contributed by atoms with E-state index in [2.05, 4.69) is 10.6 Å². The Bertz CT molecular complexity index is 717. The number of carbonyl (C=O) groups excluding carboxylic acids is 2. The SMILES string of the molecule is COc1ccc2c(c1)C(=O)NCC1(CCCN(C(=O)C3CCCN3)C1)O2. The smallest absolute Gasteiger partial charge is 0.255 e. The summed E-state index contributed by atoms with van der Waals surface area (Å²) in [6.07, 6.45) is 3.60. The molecule has 7 heteroatoms. The zero-order chi connectivity index (χ0) is 18.1. The fourth-order valence-electron chi connectivity index (χ4n) is 4.14. The zero-order valence-corrected chi connectivity index (χ0v) is 15.0. The minimum Gasteiger partial charge on any atom is -0.497 e. The largest absolute Gasteiger partial charge is 0.497 e. The van der Waals surface area contributed by atoms with Gasteiger partial charge in [-0.1, -0.05) is 0 Å². The number of carbonyl (C=O) groups is 2. The average Bonchev–Trinajstić information content (AvgIpc) is 3.17. The Morgan fingerprint density at radius 1 is 1.38 bits per heavy atom. The number of hydrogen-bond acceptors (Lipinski definition) is 5. The lowest BCUT2D eigenvalue weighted by atomic mass is 9.91. The van der Waals surface area contributed by atoms with Crippen molar-refractivity contribution >= 4 is 11.8 Å². The number of benzene rings is 1. The summed E-state index contributed by atoms with van der Waals surface area (Å²) < 4.78 is 11.6. The third kappa shape index (κ3) is 3.11. The number of piperidine rings is 1. The fraction of sp³-hybridized carbons (Fsp3) is 0.579. The molecule has 1 aromatic rings. The molecule has 0 saturated carbocycles. The van der Waals surface area contributed by atoms with E-state index in [4.69, 9.17) is 9.47 Å². The number of ether oxygens (including phenoxy) is 2. The van der Waals surface area contributed by atoms with E-state index in [-0.39, 0.29) is 17.9 Å². The molecule has 1 spiro atoms. The van der Waals surface area contributed by atoms with Gasteiger partial charge in [0.25, 0.3) is 5.91 Å². The first kappa shape index (κ1) is 17.1. The van der Waals surface area contributed by atoms with Crippen molar-refractivity contribution in [2.75, 3.05) is 33.3 Å². The average molecular weight is 359 g/mol. The van der Waals surface area contributed by atoms with Gasteiger partial charge in [-0.15, -0.1) is 0 Å². The first-order valence-electron chi connectivity index (χ1n) is 9.28. The molecule has 4 rings (SSSR count). The van der Waals surface area contributed by atoms with Crippen LogP contribution in [0.2, 0.25) is 0 Å². The number of likely N-dealkylation sites (tertiary alicyclic amines) is 1. The summed E-state index contributed by atoms with van der Waals surface area (Å²) in [7, 11) is 1.57. The lowest BCUT2D eigenvalue weighted by Gasteiger charge is -2.42. The van der Waals surface area contributed by atoms with Crippen LogP contribution in [0.25, 0.3) is 0 Å². The molecule has 1 aromatic carbocycles. The minimum absolute atomic E-state index is 0.0814. The van der Waals surface area contributed by atoms with E-state index in [0.717, 1.165) is 38.8 Å². The monoisotopic (exact) mass is 359 g/mol. The molecule has 0 radical (unpaired) electrons. The van der Waals surface area contributed by atoms with E-state index < -0.39 is 5.60 Å². The van der Waals surface area contributed by atoms with Crippen LogP contribution in [0.5, 0.6) is 11.5 Å². The van der Waals surface area contributed by atoms with Gasteiger partial charge in [0.1, 0.15) is 17.1 Å². The molecule has 3 aliphatic heterocycles. The molecule has 2 fully saturated rings. The van der Waals surface area contributed by atoms with Gasteiger partial charge in [0, 0.05) is 6.54 Å². The van der Waals surface area contributed by atoms with Crippen LogP contribution < -0.4 is 20.1 Å². The molecule has 0 aliphatic carbocycles. The minimum atomic E-state index is -0.581. The normalized spacial score (nSPS) is 28.1. The maximum Gasteiger partial charge on any atom is 0.255 e. The van der Waals surface area contributed by atoms with E-state index in [0.29, 0.717) is 30.2 Å². The second-order valence-corrected chi connectivity index (χ2v) is 7.34. The molecule has 2 amide bonds. The molecule has 0 bridgehead atoms. The van der Waals surface area contributed by atoms with Gasteiger partial charge in [-0.05, 0) is 50.4 Å². The van der Waals surface area contributed by atoms with E-state index in [9.17, 15) is 9.59 Å². The summed E-state index contributed by atoms with van der Waals surface area (Å²) >= 11 is 0. The molecule has 2 N–H and O–H groups in total. The molecule has 2 atom stereocenters. The molecular formula is C19H25N3O4. The van der Waals surface area contributed by atoms with E-state index in [1.165, 1.54) is 0 Å². The quantitative estimate of drug-likeness (QED) is 0.821. The van der Waals surface area contributed by atoms with Gasteiger partial charge in [0.05, 0.1) is 31.8 Å². The van der Waals surface area contributed by atoms with Crippen molar-refractivity contribution < 1.29 is 19.1 Å². The van der Waals surface area contributed by atoms with Crippen molar-refractivity contribution in [3.8, 4) is 11.5 Å². The predicted octanol–water partition coefficient (Wildman–Crippen LogP) is 0.931. The van der Waals surface area contributed by atoms with Crippen molar-refractivity contribution in [3.05, 3.63) is 23.8 Å². The first-order chi connectivity index (χ1) is 12.6. The summed E-state index contributed by atoms with van der Waals surface area (Å²) in [4.78, 5) is 27.2. The molecule has 0 aromatic heterocycles. The Hall–Kier alpha value is -2.28. The van der Waals surface area contributed by atoms with E-state index >= 15 is 0 Å². The van der Waals surface area contributed by atoms with Crippen LogP contribution in [-0.4, -0.2) is 61.6 Å². The maximum atomic E-state index is 12.8. The molecule has 3 aliphatic rings. The van der Waals surface area contributed by atoms with E-state index in [1.807, 2.05) is 4.90 Å². The number of hydrogen-bond donors (Lipinski definition) is 2. The summed E-state index contributed by atoms with van der Waals surface area (Å²) in [5.41, 5.74) is -0.107. The summed E-state index contributed by atoms with van der Waals surface area (Å²) in [6.45, 7) is 2.53. The number of rotatable bonds is 2. The number of nitrogens with zero attached hydrogens (tertiary/aromatic N) is 1. The number of amides is 2. The van der Waals surface area contributed by atoms with Crippen molar-refractivity contribution in [3.63, 3.8) is 0 Å². The maximum absolute atomic E-state index is 12.8. The van der Waals surface area contributed by atoms with Crippen LogP contribution >= 0.6 is 0 Å². The third-order valence-corrected chi connectivity index (χ3v) is 5.54. The number of methoxy groups -OCH3 is 1. The highest BCUT2D eigenvalue weighted by molar-refractivity contribution is 5.97. The van der Waals surface area contributed by atoms with Gasteiger partial charge in [-0.2, -0.15) is 0 Å². The van der Waals surface area contributed by atoms with Crippen LogP contribution in [-0.2, 0) is 4.79 Å². The lowest BCUT2D eigenvalue weighted by molar-refractivity contribution is -0.138. The van der Waals surface area contributed by atoms with Gasteiger partial charge in [0.2, 0.25) is 5.91 Å². The second kappa shape index (κ2) is 6.79. The Morgan fingerprint density at radius 2 is 2.27 bits per heavy atom. The van der Waals surface area contributed by atoms with Crippen LogP contribution in [0, 0.1) is 0 Å². The fourth-order valence-corrected chi connectivity index (χ4v) is 4.14. The van der Waals surface area contributed by atoms with Crippen LogP contribution in [0.4, 0.5) is 0 Å². The Labute approximate surface area is 153 Å². The van der Waals surface area contributed by atoms with Crippen LogP contribution in [0.15, 0.2) is 18.2 Å². The van der Waals surface area contributed by atoms with Gasteiger partial charge >= 0.3 is 0 Å². The lowest BCUT2D eigenvalue weighted by Crippen LogP contribution is -2.59. The van der Waals surface area contributed by atoms with Crippen molar-refractivity contribution in [2.24, 2.45) is 0 Å². The molecule has 26 heavy (non-hydrogen) atoms. The molecule has 2 saturated heterocycles. The van der Waals surface area contributed by atoms with Gasteiger partial charge in [-0.25, -0.2) is 0 Å². The summed E-state index contributed by atoms with van der Waals surface area (Å²) in [5, 5.41) is 6.25. The number of fused-ring (bicyclic) bond motifs is 1. The number of nitrogens with one attached hydrogen (secondary N) is 2. The Balaban J connectivity index is 1.57.